The van der Waals surface area contributed by atoms with E-state index in [2.05, 4.69) is 89.4 Å². The molecular formula is C56H79ClN10O6. The van der Waals surface area contributed by atoms with Gasteiger partial charge in [0.2, 0.25) is 11.8 Å². The fourth-order valence-electron chi connectivity index (χ4n) is 10.8. The molecule has 2 amide bonds. The van der Waals surface area contributed by atoms with E-state index in [0.717, 1.165) is 97.1 Å². The monoisotopic (exact) mass is 1020 g/mol. The van der Waals surface area contributed by atoms with Crippen molar-refractivity contribution in [2.45, 2.75) is 167 Å². The van der Waals surface area contributed by atoms with Crippen LogP contribution in [0.4, 0.5) is 5.82 Å². The Bertz CT molecular complexity index is 2660. The third-order valence-electron chi connectivity index (χ3n) is 15.7. The largest absolute Gasteiger partial charge is 0.441 e. The van der Waals surface area contributed by atoms with Gasteiger partial charge in [-0.2, -0.15) is 20.5 Å². The number of benzene rings is 2. The predicted molar refractivity (Wildman–Crippen MR) is 287 cm³/mol. The Morgan fingerprint density at radius 2 is 1.11 bits per heavy atom. The number of nitrogens with one attached hydrogen (secondary N) is 3. The van der Waals surface area contributed by atoms with Crippen LogP contribution >= 0.6 is 11.6 Å². The van der Waals surface area contributed by atoms with Gasteiger partial charge in [-0.05, 0) is 163 Å². The number of carbonyl (C=O) groups is 2. The van der Waals surface area contributed by atoms with Crippen LogP contribution in [-0.2, 0) is 9.59 Å². The number of para-hydroxylation sites is 2. The highest BCUT2D eigenvalue weighted by Crippen LogP contribution is 2.41. The SMILES string of the molecule is CCCN1CCC(C#N)(NC(=O)C(CC2CCC(C)(C)CC2)Nc2nc(=O)oc3ccccc23)CC1.CCCN1CCC(C#N)(NC(=O)C(N)CC2CCC(C)(C)CC2)CC1.O=c1nc(Cl)c2ccccc2o1. The van der Waals surface area contributed by atoms with Gasteiger partial charge in [-0.15, -0.1) is 0 Å². The molecule has 2 unspecified atom stereocenters. The van der Waals surface area contributed by atoms with Gasteiger partial charge in [-0.1, -0.05) is 77.4 Å². The molecule has 0 radical (unpaired) electrons. The first-order valence-corrected chi connectivity index (χ1v) is 27.1. The molecule has 73 heavy (non-hydrogen) atoms. The summed E-state index contributed by atoms with van der Waals surface area (Å²) in [6.07, 6.45) is 15.2. The second-order valence-corrected chi connectivity index (χ2v) is 23.0. The maximum atomic E-state index is 13.7. The van der Waals surface area contributed by atoms with Crippen LogP contribution in [0.15, 0.2) is 67.0 Å². The van der Waals surface area contributed by atoms with Crippen molar-refractivity contribution in [3.05, 3.63) is 74.8 Å². The van der Waals surface area contributed by atoms with E-state index in [1.165, 1.54) is 12.8 Å². The number of carbonyl (C=O) groups excluding carboxylic acids is 2. The standard InChI is InChI=1S/C28H39N5O3.C20H36N4O.C8H4ClNO2/c1-4-15-33-16-13-28(19-29,14-17-33)32-25(34)22(18-20-9-11-27(2,3)12-10-20)30-24-21-7-5-6-8-23(21)36-26(35)31-24;1-4-11-24-12-9-20(15-21,10-13-24)23-18(25)17(22)14-16-5-7-19(2,3)8-6-16;9-7-5-3-1-2-4-6(5)12-8(11)10-7/h5-8,20,22H,4,9-18H2,1-3H3,(H,32,34)(H,30,31,35);16-17H,4-14,22H2,1-3H3,(H,23,25);1-4H. The zero-order valence-corrected chi connectivity index (χ0v) is 44.8. The first kappa shape index (κ1) is 56.9. The Morgan fingerprint density at radius 1 is 0.685 bits per heavy atom. The zero-order chi connectivity index (χ0) is 52.8. The maximum absolute atomic E-state index is 13.7. The Kier molecular flexibility index (Phi) is 20.0. The van der Waals surface area contributed by atoms with Crippen LogP contribution < -0.4 is 33.2 Å². The van der Waals surface area contributed by atoms with Crippen LogP contribution in [0.5, 0.6) is 0 Å². The minimum atomic E-state index is -0.874. The van der Waals surface area contributed by atoms with Gasteiger partial charge in [0.1, 0.15) is 39.3 Å². The van der Waals surface area contributed by atoms with E-state index in [1.807, 2.05) is 12.1 Å². The number of rotatable bonds is 14. The molecule has 2 aliphatic carbocycles. The Morgan fingerprint density at radius 3 is 1.59 bits per heavy atom. The van der Waals surface area contributed by atoms with Crippen LogP contribution in [0.3, 0.4) is 0 Å². The molecule has 2 saturated carbocycles. The Hall–Kier alpha value is -5.39. The Labute approximate surface area is 436 Å². The number of piperidine rings is 2. The number of halogens is 1. The van der Waals surface area contributed by atoms with Gasteiger partial charge in [0.05, 0.1) is 29.0 Å². The molecule has 4 aliphatic rings. The lowest BCUT2D eigenvalue weighted by atomic mass is 9.71. The van der Waals surface area contributed by atoms with Crippen molar-refractivity contribution in [3.8, 4) is 12.1 Å². The number of likely N-dealkylation sites (tertiary alicyclic amines) is 2. The molecule has 0 spiro atoms. The average Bonchev–Trinajstić information content (AvgIpc) is 3.36. The second kappa shape index (κ2) is 25.7. The van der Waals surface area contributed by atoms with Gasteiger partial charge in [0.15, 0.2) is 0 Å². The highest BCUT2D eigenvalue weighted by Gasteiger charge is 2.40. The number of fused-ring (bicyclic) bond motifs is 2. The molecular weight excluding hydrogens is 944 g/mol. The number of nitrogens with zero attached hydrogens (tertiary/aromatic N) is 6. The molecule has 17 heteroatoms. The molecule has 0 bridgehead atoms. The summed E-state index contributed by atoms with van der Waals surface area (Å²) in [5, 5.41) is 30.6. The van der Waals surface area contributed by atoms with E-state index >= 15 is 0 Å². The summed E-state index contributed by atoms with van der Waals surface area (Å²) in [4.78, 5) is 61.4. The van der Waals surface area contributed by atoms with Crippen LogP contribution in [0.1, 0.15) is 144 Å². The molecule has 5 N–H and O–H groups in total. The van der Waals surface area contributed by atoms with Crippen molar-refractivity contribution in [2.24, 2.45) is 28.4 Å². The molecule has 2 aromatic heterocycles. The maximum Gasteiger partial charge on any atom is 0.441 e. The summed E-state index contributed by atoms with van der Waals surface area (Å²) in [5.74, 6) is -0.442. The number of amides is 2. The minimum absolute atomic E-state index is 0.143. The highest BCUT2D eigenvalue weighted by atomic mass is 35.5. The van der Waals surface area contributed by atoms with Gasteiger partial charge in [0, 0.05) is 26.2 Å². The molecule has 396 valence electrons. The van der Waals surface area contributed by atoms with Crippen LogP contribution in [0.25, 0.3) is 21.9 Å². The number of nitrogens with two attached hydrogens (primary N) is 1. The highest BCUT2D eigenvalue weighted by molar-refractivity contribution is 6.33. The molecule has 16 nitrogen and oxygen atoms in total. The van der Waals surface area contributed by atoms with Gasteiger partial charge in [0.25, 0.3) is 0 Å². The molecule has 2 saturated heterocycles. The topological polar surface area (TPSA) is 237 Å². The smallest absolute Gasteiger partial charge is 0.408 e. The summed E-state index contributed by atoms with van der Waals surface area (Å²) in [6, 6.07) is 17.9. The molecule has 4 fully saturated rings. The van der Waals surface area contributed by atoms with Crippen LogP contribution in [0, 0.1) is 45.3 Å². The fourth-order valence-corrected chi connectivity index (χ4v) is 11.1. The van der Waals surface area contributed by atoms with Gasteiger partial charge < -0.3 is 40.3 Å². The number of hydrogen-bond acceptors (Lipinski definition) is 14. The van der Waals surface area contributed by atoms with E-state index < -0.39 is 34.7 Å². The summed E-state index contributed by atoms with van der Waals surface area (Å²) >= 11 is 5.69. The van der Waals surface area contributed by atoms with Crippen LogP contribution in [-0.4, -0.2) is 94.0 Å². The number of aromatic nitrogens is 2. The average molecular weight is 1020 g/mol. The quantitative estimate of drug-likeness (QED) is 0.0922. The predicted octanol–water partition coefficient (Wildman–Crippen LogP) is 9.11. The van der Waals surface area contributed by atoms with Crippen molar-refractivity contribution >= 4 is 51.2 Å². The first-order valence-electron chi connectivity index (χ1n) is 26.7. The molecule has 4 aromatic rings. The molecule has 2 atom stereocenters. The van der Waals surface area contributed by atoms with E-state index in [1.54, 1.807) is 36.4 Å². The second-order valence-electron chi connectivity index (χ2n) is 22.6. The lowest BCUT2D eigenvalue weighted by Gasteiger charge is -2.39. The fraction of sp³-hybridized carbons (Fsp3) is 0.643. The van der Waals surface area contributed by atoms with Crippen molar-refractivity contribution < 1.29 is 18.4 Å². The van der Waals surface area contributed by atoms with E-state index in [-0.39, 0.29) is 17.0 Å². The lowest BCUT2D eigenvalue weighted by Crippen LogP contribution is -2.58. The first-order chi connectivity index (χ1) is 34.8. The van der Waals surface area contributed by atoms with Crippen molar-refractivity contribution in [2.75, 3.05) is 44.6 Å². The van der Waals surface area contributed by atoms with E-state index in [9.17, 15) is 29.7 Å². The summed E-state index contributed by atoms with van der Waals surface area (Å²) < 4.78 is 10.0. The van der Waals surface area contributed by atoms with Crippen molar-refractivity contribution in [1.82, 2.24) is 30.4 Å². The third kappa shape index (κ3) is 16.3. The summed E-state index contributed by atoms with van der Waals surface area (Å²) in [7, 11) is 0. The third-order valence-corrected chi connectivity index (χ3v) is 16.0. The minimum Gasteiger partial charge on any atom is -0.408 e. The van der Waals surface area contributed by atoms with Gasteiger partial charge >= 0.3 is 11.5 Å². The van der Waals surface area contributed by atoms with E-state index in [0.29, 0.717) is 82.5 Å². The molecule has 2 aromatic carbocycles. The number of nitriles is 2. The normalized spacial score (nSPS) is 20.6. The van der Waals surface area contributed by atoms with Gasteiger partial charge in [-0.3, -0.25) is 9.59 Å². The number of anilines is 1. The van der Waals surface area contributed by atoms with Crippen molar-refractivity contribution in [1.29, 1.82) is 10.5 Å². The summed E-state index contributed by atoms with van der Waals surface area (Å²) in [6.45, 7) is 18.9. The van der Waals surface area contributed by atoms with Crippen molar-refractivity contribution in [3.63, 3.8) is 0 Å². The summed E-state index contributed by atoms with van der Waals surface area (Å²) in [5.41, 5.74) is 6.23. The lowest BCUT2D eigenvalue weighted by molar-refractivity contribution is -0.125. The van der Waals surface area contributed by atoms with Gasteiger partial charge in [-0.25, -0.2) is 9.59 Å². The van der Waals surface area contributed by atoms with E-state index in [4.69, 9.17) is 26.2 Å². The Balaban J connectivity index is 0.000000202. The molecule has 8 rings (SSSR count). The molecule has 2 aliphatic heterocycles. The number of hydrogen-bond donors (Lipinski definition) is 4. The van der Waals surface area contributed by atoms with Crippen LogP contribution in [0.2, 0.25) is 5.15 Å². The zero-order valence-electron chi connectivity index (χ0n) is 44.1. The molecule has 4 heterocycles.